The number of aliphatic hydroxyl groups is 1. The molecule has 4 aliphatic carbocycles. The molecule has 9 nitrogen and oxygen atoms in total. The zero-order valence-electron chi connectivity index (χ0n) is 20.6. The number of amides is 2. The largest absolute Gasteiger partial charge is 0.469 e. The summed E-state index contributed by atoms with van der Waals surface area (Å²) in [7, 11) is 1.32. The summed E-state index contributed by atoms with van der Waals surface area (Å²) < 4.78 is 4.62. The van der Waals surface area contributed by atoms with Gasteiger partial charge in [0.25, 0.3) is 5.91 Å². The van der Waals surface area contributed by atoms with Crippen molar-refractivity contribution < 1.29 is 24.2 Å². The smallest absolute Gasteiger partial charge is 0.306 e. The first-order valence-corrected chi connectivity index (χ1v) is 12.9. The van der Waals surface area contributed by atoms with Gasteiger partial charge in [-0.1, -0.05) is 6.07 Å². The minimum absolute atomic E-state index is 0.0295. The molecule has 0 spiro atoms. The molecule has 5 fully saturated rings. The molecule has 0 aromatic carbocycles. The van der Waals surface area contributed by atoms with Crippen LogP contribution in [0.1, 0.15) is 62.4 Å². The van der Waals surface area contributed by atoms with Gasteiger partial charge >= 0.3 is 5.97 Å². The van der Waals surface area contributed by atoms with Gasteiger partial charge in [-0.2, -0.15) is 0 Å². The minimum Gasteiger partial charge on any atom is -0.469 e. The van der Waals surface area contributed by atoms with Gasteiger partial charge in [-0.05, 0) is 68.9 Å². The van der Waals surface area contributed by atoms with Gasteiger partial charge in [-0.25, -0.2) is 4.98 Å². The highest BCUT2D eigenvalue weighted by Crippen LogP contribution is 2.55. The van der Waals surface area contributed by atoms with Crippen LogP contribution < -0.4 is 10.2 Å². The fraction of sp³-hybridized carbons (Fsp3) is 0.692. The second kappa shape index (κ2) is 9.41. The standard InChI is InChI=1S/C26H36N4O5/c1-16-15-29(22(31)6-7-23(32)35-2)8-9-30(16)21-5-3-4-20(27-21)25(33)28-24-18-10-17-11-19(24)14-26(34,12-17)13-18/h3-5,16-19,24,34H,6-15H2,1-2H3,(H,28,33)/t16-,17?,18?,19?,24?,26?/m1/s1. The highest BCUT2D eigenvalue weighted by molar-refractivity contribution is 5.93. The Labute approximate surface area is 206 Å². The molecular formula is C26H36N4O5. The number of ether oxygens (including phenoxy) is 1. The number of piperazine rings is 1. The zero-order chi connectivity index (χ0) is 24.7. The molecule has 5 aliphatic rings. The van der Waals surface area contributed by atoms with E-state index < -0.39 is 5.60 Å². The number of hydrogen-bond donors (Lipinski definition) is 2. The lowest BCUT2D eigenvalue weighted by Gasteiger charge is -2.58. The Bertz CT molecular complexity index is 984. The van der Waals surface area contributed by atoms with E-state index in [1.807, 2.05) is 19.1 Å². The molecule has 3 atom stereocenters. The minimum atomic E-state index is -0.519. The Morgan fingerprint density at radius 3 is 2.54 bits per heavy atom. The maximum Gasteiger partial charge on any atom is 0.306 e. The number of carbonyl (C=O) groups excluding carboxylic acids is 3. The van der Waals surface area contributed by atoms with Gasteiger partial charge in [0.15, 0.2) is 0 Å². The molecule has 4 saturated carbocycles. The Balaban J connectivity index is 1.20. The van der Waals surface area contributed by atoms with Crippen LogP contribution in [0.25, 0.3) is 0 Å². The summed E-state index contributed by atoms with van der Waals surface area (Å²) in [6.07, 6.45) is 4.93. The SMILES string of the molecule is COC(=O)CCC(=O)N1CCN(c2cccc(C(=O)NC3C4CC5CC3CC(O)(C5)C4)n2)[C@H](C)C1. The van der Waals surface area contributed by atoms with Crippen LogP contribution in [0.3, 0.4) is 0 Å². The fourth-order valence-corrected chi connectivity index (χ4v) is 7.15. The van der Waals surface area contributed by atoms with Crippen molar-refractivity contribution in [3.8, 4) is 0 Å². The van der Waals surface area contributed by atoms with Crippen molar-refractivity contribution in [2.45, 2.75) is 69.6 Å². The second-order valence-corrected chi connectivity index (χ2v) is 11.0. The Morgan fingerprint density at radius 1 is 1.14 bits per heavy atom. The van der Waals surface area contributed by atoms with Crippen LogP contribution in [0.2, 0.25) is 0 Å². The molecule has 2 unspecified atom stereocenters. The number of esters is 1. The third kappa shape index (κ3) is 4.87. The van der Waals surface area contributed by atoms with E-state index in [1.165, 1.54) is 7.11 Å². The summed E-state index contributed by atoms with van der Waals surface area (Å²) in [5.41, 5.74) is -0.117. The third-order valence-corrected chi connectivity index (χ3v) is 8.55. The zero-order valence-corrected chi connectivity index (χ0v) is 20.6. The van der Waals surface area contributed by atoms with Crippen LogP contribution in [0.15, 0.2) is 18.2 Å². The second-order valence-electron chi connectivity index (χ2n) is 11.0. The predicted molar refractivity (Wildman–Crippen MR) is 129 cm³/mol. The predicted octanol–water partition coefficient (Wildman–Crippen LogP) is 1.74. The quantitative estimate of drug-likeness (QED) is 0.592. The first kappa shape index (κ1) is 24.0. The number of aromatic nitrogens is 1. The maximum absolute atomic E-state index is 13.2. The summed E-state index contributed by atoms with van der Waals surface area (Å²) in [5.74, 6) is 1.44. The molecule has 1 aromatic heterocycles. The van der Waals surface area contributed by atoms with Gasteiger partial charge in [0, 0.05) is 38.1 Å². The molecule has 190 valence electrons. The number of rotatable bonds is 6. The molecule has 2 amide bonds. The molecule has 1 saturated heterocycles. The van der Waals surface area contributed by atoms with Crippen molar-refractivity contribution in [1.82, 2.24) is 15.2 Å². The lowest BCUT2D eigenvalue weighted by atomic mass is 9.52. The van der Waals surface area contributed by atoms with E-state index in [1.54, 1.807) is 11.0 Å². The highest BCUT2D eigenvalue weighted by Gasteiger charge is 2.55. The number of hydrogen-bond acceptors (Lipinski definition) is 7. The number of carbonyl (C=O) groups is 3. The van der Waals surface area contributed by atoms with Crippen molar-refractivity contribution >= 4 is 23.6 Å². The molecule has 1 aromatic rings. The van der Waals surface area contributed by atoms with Gasteiger partial charge < -0.3 is 25.0 Å². The van der Waals surface area contributed by atoms with Gasteiger partial charge in [0.1, 0.15) is 11.5 Å². The Morgan fingerprint density at radius 2 is 1.89 bits per heavy atom. The van der Waals surface area contributed by atoms with Crippen LogP contribution in [-0.4, -0.2) is 77.2 Å². The first-order valence-electron chi connectivity index (χ1n) is 12.9. The van der Waals surface area contributed by atoms with E-state index in [-0.39, 0.29) is 42.7 Å². The van der Waals surface area contributed by atoms with Crippen molar-refractivity contribution in [3.05, 3.63) is 23.9 Å². The van der Waals surface area contributed by atoms with Crippen LogP contribution in [0.4, 0.5) is 5.82 Å². The van der Waals surface area contributed by atoms with Crippen LogP contribution in [0.5, 0.6) is 0 Å². The lowest BCUT2D eigenvalue weighted by molar-refractivity contribution is -0.143. The molecular weight excluding hydrogens is 448 g/mol. The van der Waals surface area contributed by atoms with E-state index >= 15 is 0 Å². The lowest BCUT2D eigenvalue weighted by Crippen LogP contribution is -2.61. The van der Waals surface area contributed by atoms with E-state index in [0.29, 0.717) is 43.1 Å². The number of nitrogens with one attached hydrogen (secondary N) is 1. The third-order valence-electron chi connectivity index (χ3n) is 8.55. The number of anilines is 1. The molecule has 2 heterocycles. The summed E-state index contributed by atoms with van der Waals surface area (Å²) in [6.45, 7) is 3.72. The van der Waals surface area contributed by atoms with E-state index in [4.69, 9.17) is 0 Å². The molecule has 2 N–H and O–H groups in total. The molecule has 6 rings (SSSR count). The normalized spacial score (nSPS) is 33.5. The fourth-order valence-electron chi connectivity index (χ4n) is 7.15. The monoisotopic (exact) mass is 484 g/mol. The average Bonchev–Trinajstić information content (AvgIpc) is 2.83. The molecule has 9 heteroatoms. The van der Waals surface area contributed by atoms with E-state index in [2.05, 4.69) is 19.9 Å². The molecule has 35 heavy (non-hydrogen) atoms. The van der Waals surface area contributed by atoms with Crippen molar-refractivity contribution in [3.63, 3.8) is 0 Å². The van der Waals surface area contributed by atoms with Crippen LogP contribution in [0, 0.1) is 17.8 Å². The van der Waals surface area contributed by atoms with Crippen LogP contribution >= 0.6 is 0 Å². The summed E-state index contributed by atoms with van der Waals surface area (Å²) in [5, 5.41) is 14.1. The van der Waals surface area contributed by atoms with Crippen molar-refractivity contribution in [2.75, 3.05) is 31.6 Å². The topological polar surface area (TPSA) is 112 Å². The molecule has 4 bridgehead atoms. The van der Waals surface area contributed by atoms with Gasteiger partial charge in [-0.15, -0.1) is 0 Å². The number of nitrogens with zero attached hydrogens (tertiary/aromatic N) is 3. The molecule has 1 aliphatic heterocycles. The Hall–Kier alpha value is -2.68. The van der Waals surface area contributed by atoms with Gasteiger partial charge in [-0.3, -0.25) is 14.4 Å². The number of methoxy groups -OCH3 is 1. The molecule has 0 radical (unpaired) electrons. The summed E-state index contributed by atoms with van der Waals surface area (Å²) in [6, 6.07) is 5.66. The Kier molecular flexibility index (Phi) is 6.46. The highest BCUT2D eigenvalue weighted by atomic mass is 16.5. The summed E-state index contributed by atoms with van der Waals surface area (Å²) >= 11 is 0. The van der Waals surface area contributed by atoms with Gasteiger partial charge in [0.2, 0.25) is 5.91 Å². The average molecular weight is 485 g/mol. The van der Waals surface area contributed by atoms with Crippen LogP contribution in [-0.2, 0) is 14.3 Å². The van der Waals surface area contributed by atoms with Gasteiger partial charge in [0.05, 0.1) is 19.1 Å². The first-order chi connectivity index (χ1) is 16.7. The van der Waals surface area contributed by atoms with E-state index in [9.17, 15) is 19.5 Å². The maximum atomic E-state index is 13.2. The van der Waals surface area contributed by atoms with E-state index in [0.717, 1.165) is 37.9 Å². The number of pyridine rings is 1. The van der Waals surface area contributed by atoms with Crippen molar-refractivity contribution in [2.24, 2.45) is 17.8 Å². The van der Waals surface area contributed by atoms with Crippen molar-refractivity contribution in [1.29, 1.82) is 0 Å². The summed E-state index contributed by atoms with van der Waals surface area (Å²) in [4.78, 5) is 45.6.